The number of allylic oxidation sites excluding steroid dienone is 23. The van der Waals surface area contributed by atoms with E-state index in [-0.39, 0.29) is 25.7 Å². The van der Waals surface area contributed by atoms with Crippen molar-refractivity contribution in [1.82, 2.24) is 0 Å². The highest BCUT2D eigenvalue weighted by Crippen LogP contribution is 2.45. The molecule has 0 saturated heterocycles. The smallest absolute Gasteiger partial charge is 0.462 e. The summed E-state index contributed by atoms with van der Waals surface area (Å²) in [7, 11) is -9.99. The van der Waals surface area contributed by atoms with Crippen molar-refractivity contribution >= 4 is 39.5 Å². The predicted molar refractivity (Wildman–Crippen MR) is 399 cm³/mol. The van der Waals surface area contributed by atoms with E-state index in [4.69, 9.17) is 37.0 Å². The zero-order valence-corrected chi connectivity index (χ0v) is 62.4. The number of hydrogen-bond acceptors (Lipinski definition) is 15. The van der Waals surface area contributed by atoms with Gasteiger partial charge in [-0.05, 0) is 122 Å². The molecular formula is C79H130O17P2. The lowest BCUT2D eigenvalue weighted by molar-refractivity contribution is -0.161. The van der Waals surface area contributed by atoms with Gasteiger partial charge in [-0.15, -0.1) is 0 Å². The van der Waals surface area contributed by atoms with Crippen LogP contribution in [0.1, 0.15) is 272 Å². The first-order valence-electron chi connectivity index (χ1n) is 37.1. The SMILES string of the molecule is CC/C=C\C/C=C\C/C=C\C/C=C\C/C=C\CC(=O)OCC(COP(=O)(O)OCC(O)COP(=O)(O)OCC(COC(=O)CCCC/C=C\C/C=C\C/C=C\C/C=C\CC)OC(=O)CCCCCCC/C=C\C/C=C\C/C=C\CC)OC(=O)CCCCCCCCCCCCCCC. The average molecular weight is 1410 g/mol. The molecule has 0 heterocycles. The van der Waals surface area contributed by atoms with Crippen LogP contribution in [0.2, 0.25) is 0 Å². The van der Waals surface area contributed by atoms with Crippen LogP contribution in [-0.4, -0.2) is 96.7 Å². The van der Waals surface area contributed by atoms with Crippen LogP contribution in [-0.2, 0) is 65.4 Å². The number of unbranched alkanes of at least 4 members (excludes halogenated alkanes) is 19. The van der Waals surface area contributed by atoms with Crippen molar-refractivity contribution in [3.8, 4) is 0 Å². The van der Waals surface area contributed by atoms with Crippen LogP contribution in [0, 0.1) is 0 Å². The molecule has 17 nitrogen and oxygen atoms in total. The van der Waals surface area contributed by atoms with Gasteiger partial charge < -0.3 is 33.8 Å². The molecule has 0 aliphatic carbocycles. The van der Waals surface area contributed by atoms with Crippen molar-refractivity contribution < 1.29 is 80.2 Å². The lowest BCUT2D eigenvalue weighted by atomic mass is 10.0. The highest BCUT2D eigenvalue weighted by Gasteiger charge is 2.30. The lowest BCUT2D eigenvalue weighted by Crippen LogP contribution is -2.30. The van der Waals surface area contributed by atoms with E-state index in [0.717, 1.165) is 141 Å². The Labute approximate surface area is 592 Å². The van der Waals surface area contributed by atoms with Crippen LogP contribution < -0.4 is 0 Å². The van der Waals surface area contributed by atoms with Gasteiger partial charge in [0, 0.05) is 19.3 Å². The second-order valence-electron chi connectivity index (χ2n) is 24.1. The maximum absolute atomic E-state index is 13.1. The molecule has 19 heteroatoms. The Morgan fingerprint density at radius 2 is 0.571 bits per heavy atom. The molecule has 5 atom stereocenters. The van der Waals surface area contributed by atoms with E-state index in [1.807, 2.05) is 18.2 Å². The highest BCUT2D eigenvalue weighted by atomic mass is 31.2. The molecule has 0 aromatic rings. The fourth-order valence-corrected chi connectivity index (χ4v) is 10.9. The first-order chi connectivity index (χ1) is 47.7. The van der Waals surface area contributed by atoms with Gasteiger partial charge in [-0.1, -0.05) is 270 Å². The third kappa shape index (κ3) is 69.4. The lowest BCUT2D eigenvalue weighted by Gasteiger charge is -2.21. The molecule has 98 heavy (non-hydrogen) atoms. The number of esters is 4. The number of carbonyl (C=O) groups is 4. The van der Waals surface area contributed by atoms with Gasteiger partial charge in [-0.2, -0.15) is 0 Å². The summed E-state index contributed by atoms with van der Waals surface area (Å²) < 4.78 is 68.2. The molecule has 0 radical (unpaired) electrons. The average Bonchev–Trinajstić information content (AvgIpc) is 0.959. The molecule has 0 aliphatic heterocycles. The van der Waals surface area contributed by atoms with Crippen molar-refractivity contribution in [1.29, 1.82) is 0 Å². The molecule has 558 valence electrons. The third-order valence-corrected chi connectivity index (χ3v) is 16.7. The van der Waals surface area contributed by atoms with Crippen LogP contribution in [0.5, 0.6) is 0 Å². The highest BCUT2D eigenvalue weighted by molar-refractivity contribution is 7.47. The third-order valence-electron chi connectivity index (χ3n) is 14.8. The maximum atomic E-state index is 13.1. The molecule has 0 fully saturated rings. The molecule has 3 N–H and O–H groups in total. The zero-order valence-electron chi connectivity index (χ0n) is 60.7. The summed E-state index contributed by atoms with van der Waals surface area (Å²) in [5.74, 6) is -2.40. The molecule has 0 spiro atoms. The molecule has 0 aliphatic rings. The number of aliphatic hydroxyl groups is 1. The first-order valence-corrected chi connectivity index (χ1v) is 40.1. The number of rotatable bonds is 68. The normalized spacial score (nSPS) is 14.8. The zero-order chi connectivity index (χ0) is 71.8. The fourth-order valence-electron chi connectivity index (χ4n) is 9.30. The van der Waals surface area contributed by atoms with Gasteiger partial charge in [-0.3, -0.25) is 37.3 Å². The summed E-state index contributed by atoms with van der Waals surface area (Å²) in [5.41, 5.74) is 0. The molecule has 0 bridgehead atoms. The molecule has 5 unspecified atom stereocenters. The van der Waals surface area contributed by atoms with E-state index in [1.165, 1.54) is 51.4 Å². The van der Waals surface area contributed by atoms with Gasteiger partial charge in [0.05, 0.1) is 32.8 Å². The molecule has 0 amide bonds. The number of aliphatic hydroxyl groups excluding tert-OH is 1. The predicted octanol–water partition coefficient (Wildman–Crippen LogP) is 21.1. The Balaban J connectivity index is 5.47. The van der Waals surface area contributed by atoms with E-state index in [9.17, 15) is 43.2 Å². The Kier molecular flexibility index (Phi) is 66.7. The van der Waals surface area contributed by atoms with Crippen LogP contribution in [0.4, 0.5) is 0 Å². The molecule has 0 aromatic carbocycles. The topological polar surface area (TPSA) is 237 Å². The summed E-state index contributed by atoms with van der Waals surface area (Å²) in [6, 6.07) is 0. The summed E-state index contributed by atoms with van der Waals surface area (Å²) in [5, 5.41) is 10.6. The van der Waals surface area contributed by atoms with Gasteiger partial charge in [0.1, 0.15) is 19.3 Å². The van der Waals surface area contributed by atoms with E-state index in [1.54, 1.807) is 6.08 Å². The summed E-state index contributed by atoms with van der Waals surface area (Å²) in [4.78, 5) is 72.7. The summed E-state index contributed by atoms with van der Waals surface area (Å²) >= 11 is 0. The van der Waals surface area contributed by atoms with Crippen molar-refractivity contribution in [2.75, 3.05) is 39.6 Å². The van der Waals surface area contributed by atoms with Crippen molar-refractivity contribution in [2.45, 2.75) is 290 Å². The molecule has 0 aromatic heterocycles. The number of hydrogen-bond donors (Lipinski definition) is 3. The minimum Gasteiger partial charge on any atom is -0.462 e. The Morgan fingerprint density at radius 3 is 0.929 bits per heavy atom. The van der Waals surface area contributed by atoms with Crippen LogP contribution in [0.25, 0.3) is 0 Å². The fraction of sp³-hybridized carbons (Fsp3) is 0.646. The second kappa shape index (κ2) is 70.4. The number of phosphoric ester groups is 2. The second-order valence-corrected chi connectivity index (χ2v) is 27.0. The number of phosphoric acid groups is 2. The maximum Gasteiger partial charge on any atom is 0.472 e. The number of carbonyl (C=O) groups excluding carboxylic acids is 4. The number of ether oxygens (including phenoxy) is 4. The van der Waals surface area contributed by atoms with Gasteiger partial charge in [0.15, 0.2) is 12.2 Å². The Morgan fingerprint density at radius 1 is 0.306 bits per heavy atom. The van der Waals surface area contributed by atoms with Gasteiger partial charge in [-0.25, -0.2) is 9.13 Å². The molecular weight excluding hydrogens is 1280 g/mol. The van der Waals surface area contributed by atoms with Crippen molar-refractivity contribution in [2.24, 2.45) is 0 Å². The van der Waals surface area contributed by atoms with Crippen LogP contribution >= 0.6 is 15.6 Å². The minimum atomic E-state index is -5.00. The van der Waals surface area contributed by atoms with Gasteiger partial charge in [0.25, 0.3) is 0 Å². The molecule has 0 saturated carbocycles. The van der Waals surface area contributed by atoms with Crippen molar-refractivity contribution in [3.05, 3.63) is 146 Å². The first kappa shape index (κ1) is 92.9. The van der Waals surface area contributed by atoms with E-state index in [2.05, 4.69) is 149 Å². The summed E-state index contributed by atoms with van der Waals surface area (Å²) in [6.45, 7) is 4.33. The van der Waals surface area contributed by atoms with E-state index < -0.39 is 97.5 Å². The molecule has 0 rings (SSSR count). The Hall–Kier alpha value is -5.06. The van der Waals surface area contributed by atoms with Gasteiger partial charge >= 0.3 is 39.5 Å². The largest absolute Gasteiger partial charge is 0.472 e. The van der Waals surface area contributed by atoms with E-state index >= 15 is 0 Å². The van der Waals surface area contributed by atoms with Crippen LogP contribution in [0.15, 0.2) is 146 Å². The standard InChI is InChI=1S/C79H130O17P2/c1-5-9-13-17-21-25-29-33-36-40-43-47-51-55-59-63-76(81)89-69-74(95-78(83)65-61-57-53-49-45-39-32-28-24-20-16-12-8-4)71-93-97(85,86)91-67-73(80)68-92-98(87,88)94-72-75(96-79(84)66-62-58-54-50-46-42-38-35-31-27-23-19-15-11-7-3)70-90-77(82)64-60-56-52-48-44-41-37-34-30-26-22-18-14-10-6-2/h9-11,13-15,21-23,25-27,33-38,43-44,47-48,55,59,73-75,80H,5-8,12,16-20,24,28-32,39-42,45-46,49-54,56-58,60-72H2,1-4H3,(H,85,86)(H,87,88)/b13-9-,14-10-,15-11-,25-21-,26-22-,27-23-,36-33-,37-34-,38-35-,47-43-,48-44-,59-55-. The quantitative estimate of drug-likeness (QED) is 0.0169. The monoisotopic (exact) mass is 1410 g/mol. The van der Waals surface area contributed by atoms with E-state index in [0.29, 0.717) is 25.7 Å². The summed E-state index contributed by atoms with van der Waals surface area (Å²) in [6.07, 6.45) is 78.8. The van der Waals surface area contributed by atoms with Gasteiger partial charge in [0.2, 0.25) is 0 Å². The van der Waals surface area contributed by atoms with Crippen molar-refractivity contribution in [3.63, 3.8) is 0 Å². The minimum absolute atomic E-state index is 0.0601. The van der Waals surface area contributed by atoms with Crippen LogP contribution in [0.3, 0.4) is 0 Å². The Bertz CT molecular complexity index is 2430.